The monoisotopic (exact) mass is 365 g/mol. The van der Waals surface area contributed by atoms with Gasteiger partial charge in [0.25, 0.3) is 0 Å². The lowest BCUT2D eigenvalue weighted by Crippen LogP contribution is -2.18. The molecule has 0 saturated carbocycles. The first-order valence-electron chi connectivity index (χ1n) is 7.28. The Kier molecular flexibility index (Phi) is 5.61. The minimum atomic E-state index is -4.48. The normalized spacial score (nSPS) is 10.9. The number of nitrogens with zero attached hydrogens (tertiary/aromatic N) is 3. The summed E-state index contributed by atoms with van der Waals surface area (Å²) in [5.41, 5.74) is 4.87. The van der Waals surface area contributed by atoms with Gasteiger partial charge in [-0.05, 0) is 11.6 Å². The van der Waals surface area contributed by atoms with Crippen molar-refractivity contribution in [2.24, 2.45) is 0 Å². The zero-order chi connectivity index (χ0) is 19.3. The van der Waals surface area contributed by atoms with Crippen LogP contribution in [0.5, 0.6) is 5.88 Å². The highest BCUT2D eigenvalue weighted by atomic mass is 19.4. The molecule has 0 fully saturated rings. The van der Waals surface area contributed by atoms with Gasteiger partial charge >= 0.3 is 6.18 Å². The Bertz CT molecular complexity index is 862. The zero-order valence-corrected chi connectivity index (χ0v) is 13.6. The second kappa shape index (κ2) is 7.69. The summed E-state index contributed by atoms with van der Waals surface area (Å²) in [4.78, 5) is 19.6. The standard InChI is InChI=1S/C16H14F3N5O2/c1-26-14-12(7-20)13(23-15(21)24-14)22-8-11(25)6-9-3-2-4-10(5-9)16(17,18)19/h2-5H,6,8H2,1H3,(H3,21,22,23,24). The van der Waals surface area contributed by atoms with E-state index >= 15 is 0 Å². The molecule has 0 unspecified atom stereocenters. The SMILES string of the molecule is COc1nc(N)nc(NCC(=O)Cc2cccc(C(F)(F)F)c2)c1C#N. The van der Waals surface area contributed by atoms with Crippen LogP contribution in [0.1, 0.15) is 16.7 Å². The van der Waals surface area contributed by atoms with Crippen LogP contribution in [0.2, 0.25) is 0 Å². The molecular formula is C16H14F3N5O2. The van der Waals surface area contributed by atoms with Gasteiger partial charge in [0.2, 0.25) is 11.8 Å². The number of nitriles is 1. The lowest BCUT2D eigenvalue weighted by molar-refractivity contribution is -0.137. The van der Waals surface area contributed by atoms with E-state index in [1.807, 2.05) is 6.07 Å². The maximum Gasteiger partial charge on any atom is 0.416 e. The maximum absolute atomic E-state index is 12.7. The second-order valence-electron chi connectivity index (χ2n) is 5.19. The van der Waals surface area contributed by atoms with Crippen LogP contribution in [0.25, 0.3) is 0 Å². The van der Waals surface area contributed by atoms with E-state index in [0.29, 0.717) is 0 Å². The highest BCUT2D eigenvalue weighted by Crippen LogP contribution is 2.29. The van der Waals surface area contributed by atoms with Crippen molar-refractivity contribution >= 4 is 17.5 Å². The Hall–Kier alpha value is -3.35. The predicted molar refractivity (Wildman–Crippen MR) is 86.4 cm³/mol. The Morgan fingerprint density at radius 2 is 2.12 bits per heavy atom. The van der Waals surface area contributed by atoms with Crippen molar-refractivity contribution in [3.63, 3.8) is 0 Å². The van der Waals surface area contributed by atoms with Crippen LogP contribution in [0.4, 0.5) is 24.9 Å². The second-order valence-corrected chi connectivity index (χ2v) is 5.19. The Balaban J connectivity index is 2.09. The number of anilines is 2. The molecule has 0 aliphatic rings. The van der Waals surface area contributed by atoms with Crippen molar-refractivity contribution in [2.45, 2.75) is 12.6 Å². The number of alkyl halides is 3. The fourth-order valence-electron chi connectivity index (χ4n) is 2.16. The van der Waals surface area contributed by atoms with E-state index in [2.05, 4.69) is 15.3 Å². The number of benzene rings is 1. The van der Waals surface area contributed by atoms with Crippen molar-refractivity contribution in [2.75, 3.05) is 24.7 Å². The van der Waals surface area contributed by atoms with Crippen LogP contribution in [0, 0.1) is 11.3 Å². The van der Waals surface area contributed by atoms with E-state index in [9.17, 15) is 18.0 Å². The van der Waals surface area contributed by atoms with Crippen LogP contribution in [-0.4, -0.2) is 29.4 Å². The number of ketones is 1. The number of Topliss-reactive ketones (excluding diaryl/α,β-unsaturated/α-hetero) is 1. The van der Waals surface area contributed by atoms with Gasteiger partial charge in [0.05, 0.1) is 19.2 Å². The lowest BCUT2D eigenvalue weighted by Gasteiger charge is -2.11. The van der Waals surface area contributed by atoms with E-state index in [-0.39, 0.29) is 41.7 Å². The third-order valence-corrected chi connectivity index (χ3v) is 3.31. The molecule has 0 aliphatic heterocycles. The molecule has 10 heteroatoms. The van der Waals surface area contributed by atoms with Gasteiger partial charge in [0.1, 0.15) is 6.07 Å². The summed E-state index contributed by atoms with van der Waals surface area (Å²) in [6.07, 6.45) is -4.69. The zero-order valence-electron chi connectivity index (χ0n) is 13.6. The summed E-state index contributed by atoms with van der Waals surface area (Å²) in [6, 6.07) is 6.36. The lowest BCUT2D eigenvalue weighted by atomic mass is 10.1. The van der Waals surface area contributed by atoms with Crippen molar-refractivity contribution in [1.29, 1.82) is 5.26 Å². The van der Waals surface area contributed by atoms with Crippen molar-refractivity contribution in [3.05, 3.63) is 41.0 Å². The number of aromatic nitrogens is 2. The van der Waals surface area contributed by atoms with Crippen LogP contribution >= 0.6 is 0 Å². The van der Waals surface area contributed by atoms with Crippen molar-refractivity contribution < 1.29 is 22.7 Å². The van der Waals surface area contributed by atoms with Crippen molar-refractivity contribution in [1.82, 2.24) is 9.97 Å². The molecule has 1 heterocycles. The molecule has 2 aromatic rings. The first-order valence-corrected chi connectivity index (χ1v) is 7.28. The van der Waals surface area contributed by atoms with E-state index in [4.69, 9.17) is 15.7 Å². The number of ether oxygens (including phenoxy) is 1. The van der Waals surface area contributed by atoms with Gasteiger partial charge in [-0.3, -0.25) is 4.79 Å². The third kappa shape index (κ3) is 4.60. The molecule has 1 aromatic heterocycles. The molecule has 3 N–H and O–H groups in total. The van der Waals surface area contributed by atoms with Gasteiger partial charge in [0, 0.05) is 6.42 Å². The largest absolute Gasteiger partial charge is 0.480 e. The summed E-state index contributed by atoms with van der Waals surface area (Å²) in [6.45, 7) is -0.259. The molecular weight excluding hydrogens is 351 g/mol. The number of nitrogens with one attached hydrogen (secondary N) is 1. The van der Waals surface area contributed by atoms with E-state index in [0.717, 1.165) is 12.1 Å². The molecule has 7 nitrogen and oxygen atoms in total. The van der Waals surface area contributed by atoms with Crippen LogP contribution in [0.15, 0.2) is 24.3 Å². The molecule has 2 rings (SSSR count). The van der Waals surface area contributed by atoms with Crippen LogP contribution < -0.4 is 15.8 Å². The number of rotatable bonds is 6. The predicted octanol–water partition coefficient (Wildman–Crippen LogP) is 2.18. The molecule has 0 spiro atoms. The van der Waals surface area contributed by atoms with Gasteiger partial charge in [-0.2, -0.15) is 28.4 Å². The minimum Gasteiger partial charge on any atom is -0.480 e. The van der Waals surface area contributed by atoms with Crippen LogP contribution in [-0.2, 0) is 17.4 Å². The summed E-state index contributed by atoms with van der Waals surface area (Å²) in [5.74, 6) is -0.597. The third-order valence-electron chi connectivity index (χ3n) is 3.31. The fourth-order valence-corrected chi connectivity index (χ4v) is 2.16. The quantitative estimate of drug-likeness (QED) is 0.806. The molecule has 0 atom stereocenters. The van der Waals surface area contributed by atoms with Gasteiger partial charge in [-0.1, -0.05) is 18.2 Å². The summed E-state index contributed by atoms with van der Waals surface area (Å²) >= 11 is 0. The number of halogens is 3. The van der Waals surface area contributed by atoms with Crippen LogP contribution in [0.3, 0.4) is 0 Å². The summed E-state index contributed by atoms with van der Waals surface area (Å²) in [7, 11) is 1.30. The molecule has 0 saturated heterocycles. The average molecular weight is 365 g/mol. The molecule has 0 amide bonds. The van der Waals surface area contributed by atoms with E-state index in [1.165, 1.54) is 19.2 Å². The molecule has 0 bridgehead atoms. The topological polar surface area (TPSA) is 114 Å². The van der Waals surface area contributed by atoms with Gasteiger partial charge in [-0.15, -0.1) is 0 Å². The van der Waals surface area contributed by atoms with E-state index in [1.54, 1.807) is 0 Å². The Morgan fingerprint density at radius 3 is 2.73 bits per heavy atom. The highest BCUT2D eigenvalue weighted by Gasteiger charge is 2.30. The highest BCUT2D eigenvalue weighted by molar-refractivity contribution is 5.85. The Labute approximate surface area is 146 Å². The number of nitrogen functional groups attached to an aromatic ring is 1. The minimum absolute atomic E-state index is 0.00856. The molecule has 0 radical (unpaired) electrons. The summed E-state index contributed by atoms with van der Waals surface area (Å²) in [5, 5.41) is 11.8. The first-order chi connectivity index (χ1) is 12.2. The molecule has 136 valence electrons. The fraction of sp³-hybridized carbons (Fsp3) is 0.250. The van der Waals surface area contributed by atoms with Gasteiger partial charge in [-0.25, -0.2) is 0 Å². The maximum atomic E-state index is 12.7. The first kappa shape index (κ1) is 19.0. The smallest absolute Gasteiger partial charge is 0.416 e. The molecule has 0 aliphatic carbocycles. The summed E-state index contributed by atoms with van der Waals surface area (Å²) < 4.78 is 43.0. The number of nitrogens with two attached hydrogens (primary N) is 1. The number of hydrogen-bond donors (Lipinski definition) is 2. The van der Waals surface area contributed by atoms with Crippen molar-refractivity contribution in [3.8, 4) is 11.9 Å². The van der Waals surface area contributed by atoms with Gasteiger partial charge in [0.15, 0.2) is 17.2 Å². The van der Waals surface area contributed by atoms with Gasteiger partial charge < -0.3 is 15.8 Å². The molecule has 1 aromatic carbocycles. The number of methoxy groups -OCH3 is 1. The van der Waals surface area contributed by atoms with E-state index < -0.39 is 17.5 Å². The number of hydrogen-bond acceptors (Lipinski definition) is 7. The average Bonchev–Trinajstić information content (AvgIpc) is 2.58. The molecule has 26 heavy (non-hydrogen) atoms. The Morgan fingerprint density at radius 1 is 1.38 bits per heavy atom. The number of carbonyl (C=O) groups excluding carboxylic acids is 1. The number of carbonyl (C=O) groups is 1.